The molecule has 2 N–H and O–H groups in total. The molecule has 24 heavy (non-hydrogen) atoms. The molecule has 1 aromatic rings. The third kappa shape index (κ3) is 3.47. The number of para-hydroxylation sites is 1. The first-order valence-electron chi connectivity index (χ1n) is 8.12. The molecule has 1 aliphatic carbocycles. The van der Waals surface area contributed by atoms with Gasteiger partial charge in [-0.05, 0) is 38.3 Å². The molecule has 0 spiro atoms. The number of alkyl halides is 2. The molecule has 3 amide bonds. The van der Waals surface area contributed by atoms with Crippen LogP contribution in [0.2, 0.25) is 0 Å². The van der Waals surface area contributed by atoms with E-state index in [0.717, 1.165) is 18.5 Å². The van der Waals surface area contributed by atoms with Crippen molar-refractivity contribution in [2.75, 3.05) is 18.4 Å². The molecule has 2 aliphatic rings. The Kier molecular flexibility index (Phi) is 4.67. The van der Waals surface area contributed by atoms with Gasteiger partial charge in [0.05, 0.1) is 5.41 Å². The van der Waals surface area contributed by atoms with Crippen molar-refractivity contribution >= 4 is 40.8 Å². The van der Waals surface area contributed by atoms with Crippen LogP contribution in [0.3, 0.4) is 0 Å². The Morgan fingerprint density at radius 2 is 1.75 bits per heavy atom. The minimum absolute atomic E-state index is 0.0554. The van der Waals surface area contributed by atoms with Crippen molar-refractivity contribution < 1.29 is 9.59 Å². The highest BCUT2D eigenvalue weighted by Gasteiger charge is 2.68. The van der Waals surface area contributed by atoms with Gasteiger partial charge in [0.2, 0.25) is 5.91 Å². The topological polar surface area (TPSA) is 61.4 Å². The van der Waals surface area contributed by atoms with Crippen molar-refractivity contribution in [2.45, 2.75) is 36.6 Å². The van der Waals surface area contributed by atoms with Gasteiger partial charge in [0, 0.05) is 24.8 Å². The third-order valence-corrected chi connectivity index (χ3v) is 6.00. The lowest BCUT2D eigenvalue weighted by molar-refractivity contribution is -0.126. The van der Waals surface area contributed by atoms with Gasteiger partial charge >= 0.3 is 6.03 Å². The Bertz CT molecular complexity index is 630. The van der Waals surface area contributed by atoms with Crippen LogP contribution >= 0.6 is 23.2 Å². The number of hydrogen-bond acceptors (Lipinski definition) is 2. The number of likely N-dealkylation sites (tertiary alicyclic amines) is 1. The summed E-state index contributed by atoms with van der Waals surface area (Å²) in [5.74, 6) is -0.0975. The van der Waals surface area contributed by atoms with Crippen LogP contribution in [0.5, 0.6) is 0 Å². The number of urea groups is 1. The molecule has 0 aromatic heterocycles. The number of anilines is 1. The van der Waals surface area contributed by atoms with E-state index in [2.05, 4.69) is 10.6 Å². The summed E-state index contributed by atoms with van der Waals surface area (Å²) < 4.78 is -0.951. The highest BCUT2D eigenvalue weighted by atomic mass is 35.5. The zero-order chi connectivity index (χ0) is 17.4. The number of carbonyl (C=O) groups excluding carboxylic acids is 2. The zero-order valence-corrected chi connectivity index (χ0v) is 15.0. The number of halogens is 2. The number of benzene rings is 1. The van der Waals surface area contributed by atoms with E-state index >= 15 is 0 Å². The standard InChI is InChI=1S/C17H21Cl2N3O2/c1-16(11-17(16,18)19)14(23)20-13-7-9-22(10-8-13)15(24)21-12-5-3-2-4-6-12/h2-6,13H,7-11H2,1H3,(H,20,23)(H,21,24). The van der Waals surface area contributed by atoms with Crippen molar-refractivity contribution in [3.63, 3.8) is 0 Å². The molecule has 1 aromatic carbocycles. The lowest BCUT2D eigenvalue weighted by atomic mass is 10.0. The van der Waals surface area contributed by atoms with E-state index in [1.165, 1.54) is 0 Å². The molecule has 1 heterocycles. The molecule has 0 radical (unpaired) electrons. The largest absolute Gasteiger partial charge is 0.353 e. The summed E-state index contributed by atoms with van der Waals surface area (Å²) in [4.78, 5) is 26.3. The number of hydrogen-bond donors (Lipinski definition) is 2. The predicted molar refractivity (Wildman–Crippen MR) is 95.4 cm³/mol. The first-order valence-corrected chi connectivity index (χ1v) is 8.87. The van der Waals surface area contributed by atoms with E-state index in [9.17, 15) is 9.59 Å². The smallest absolute Gasteiger partial charge is 0.321 e. The molecule has 2 fully saturated rings. The third-order valence-electron chi connectivity index (χ3n) is 4.90. The van der Waals surface area contributed by atoms with Crippen molar-refractivity contribution in [1.82, 2.24) is 10.2 Å². The van der Waals surface area contributed by atoms with E-state index in [0.29, 0.717) is 19.5 Å². The highest BCUT2D eigenvalue weighted by Crippen LogP contribution is 2.63. The van der Waals surface area contributed by atoms with Gasteiger partial charge < -0.3 is 15.5 Å². The van der Waals surface area contributed by atoms with Gasteiger partial charge in [-0.15, -0.1) is 23.2 Å². The van der Waals surface area contributed by atoms with E-state index in [1.54, 1.807) is 11.8 Å². The van der Waals surface area contributed by atoms with Gasteiger partial charge in [-0.2, -0.15) is 0 Å². The quantitative estimate of drug-likeness (QED) is 0.802. The van der Waals surface area contributed by atoms with Crippen LogP contribution in [-0.2, 0) is 4.79 Å². The summed E-state index contributed by atoms with van der Waals surface area (Å²) >= 11 is 12.1. The zero-order valence-electron chi connectivity index (χ0n) is 13.5. The van der Waals surface area contributed by atoms with Crippen LogP contribution < -0.4 is 10.6 Å². The van der Waals surface area contributed by atoms with Crippen molar-refractivity contribution in [1.29, 1.82) is 0 Å². The molecule has 7 heteroatoms. The van der Waals surface area contributed by atoms with Crippen LogP contribution in [0.4, 0.5) is 10.5 Å². The Morgan fingerprint density at radius 1 is 1.17 bits per heavy atom. The van der Waals surface area contributed by atoms with Crippen LogP contribution in [-0.4, -0.2) is 40.3 Å². The minimum Gasteiger partial charge on any atom is -0.353 e. The summed E-state index contributed by atoms with van der Waals surface area (Å²) in [6, 6.07) is 9.31. The number of piperidine rings is 1. The maximum Gasteiger partial charge on any atom is 0.321 e. The van der Waals surface area contributed by atoms with Gasteiger partial charge in [-0.3, -0.25) is 4.79 Å². The van der Waals surface area contributed by atoms with Gasteiger partial charge in [-0.25, -0.2) is 4.79 Å². The summed E-state index contributed by atoms with van der Waals surface area (Å²) in [6.07, 6.45) is 1.93. The number of carbonyl (C=O) groups is 2. The van der Waals surface area contributed by atoms with Crippen LogP contribution in [0.25, 0.3) is 0 Å². The fourth-order valence-corrected chi connectivity index (χ4v) is 3.65. The van der Waals surface area contributed by atoms with Crippen LogP contribution in [0.1, 0.15) is 26.2 Å². The van der Waals surface area contributed by atoms with Crippen molar-refractivity contribution in [3.8, 4) is 0 Å². The molecule has 1 atom stereocenters. The molecule has 5 nitrogen and oxygen atoms in total. The summed E-state index contributed by atoms with van der Waals surface area (Å²) in [7, 11) is 0. The number of amides is 3. The minimum atomic E-state index is -0.951. The summed E-state index contributed by atoms with van der Waals surface area (Å²) in [5, 5.41) is 5.90. The summed E-state index contributed by atoms with van der Waals surface area (Å²) in [6.45, 7) is 2.99. The van der Waals surface area contributed by atoms with E-state index in [1.807, 2.05) is 30.3 Å². The van der Waals surface area contributed by atoms with Gasteiger partial charge in [0.1, 0.15) is 4.33 Å². The lowest BCUT2D eigenvalue weighted by Gasteiger charge is -2.33. The average molecular weight is 370 g/mol. The Labute approximate surface area is 151 Å². The fraction of sp³-hybridized carbons (Fsp3) is 0.529. The monoisotopic (exact) mass is 369 g/mol. The number of nitrogens with one attached hydrogen (secondary N) is 2. The molecule has 1 aliphatic heterocycles. The maximum atomic E-state index is 12.3. The molecule has 1 saturated heterocycles. The average Bonchev–Trinajstić information content (AvgIpc) is 3.08. The predicted octanol–water partition coefficient (Wildman–Crippen LogP) is 3.38. The second-order valence-corrected chi connectivity index (χ2v) is 8.23. The first kappa shape index (κ1) is 17.4. The van der Waals surface area contributed by atoms with E-state index in [4.69, 9.17) is 23.2 Å². The van der Waals surface area contributed by atoms with Crippen molar-refractivity contribution in [3.05, 3.63) is 30.3 Å². The molecular formula is C17H21Cl2N3O2. The molecule has 130 valence electrons. The van der Waals surface area contributed by atoms with Gasteiger partial charge in [0.25, 0.3) is 0 Å². The second kappa shape index (κ2) is 6.45. The fourth-order valence-electron chi connectivity index (χ4n) is 2.94. The highest BCUT2D eigenvalue weighted by molar-refractivity contribution is 6.53. The van der Waals surface area contributed by atoms with Crippen molar-refractivity contribution in [2.24, 2.45) is 5.41 Å². The molecular weight excluding hydrogens is 349 g/mol. The van der Waals surface area contributed by atoms with E-state index < -0.39 is 9.75 Å². The number of nitrogens with zero attached hydrogens (tertiary/aromatic N) is 1. The molecule has 1 saturated carbocycles. The summed E-state index contributed by atoms with van der Waals surface area (Å²) in [5.41, 5.74) is 0.0814. The number of rotatable bonds is 3. The molecule has 0 bridgehead atoms. The van der Waals surface area contributed by atoms with Gasteiger partial charge in [0.15, 0.2) is 0 Å². The van der Waals surface area contributed by atoms with Gasteiger partial charge in [-0.1, -0.05) is 18.2 Å². The van der Waals surface area contributed by atoms with E-state index in [-0.39, 0.29) is 18.0 Å². The maximum absolute atomic E-state index is 12.3. The molecule has 1 unspecified atom stereocenters. The molecule has 3 rings (SSSR count). The Hall–Kier alpha value is -1.46. The first-order chi connectivity index (χ1) is 11.3. The Balaban J connectivity index is 1.46. The van der Waals surface area contributed by atoms with Crippen LogP contribution in [0.15, 0.2) is 30.3 Å². The lowest BCUT2D eigenvalue weighted by Crippen LogP contribution is -2.49. The SMILES string of the molecule is CC1(C(=O)NC2CCN(C(=O)Nc3ccccc3)CC2)CC1(Cl)Cl. The normalized spacial score (nSPS) is 25.9. The second-order valence-electron chi connectivity index (χ2n) is 6.74. The Morgan fingerprint density at radius 3 is 2.29 bits per heavy atom. The van der Waals surface area contributed by atoms with Crippen LogP contribution in [0, 0.1) is 5.41 Å².